The quantitative estimate of drug-likeness (QED) is 0.508. The summed E-state index contributed by atoms with van der Waals surface area (Å²) in [5.41, 5.74) is 2.42. The number of aromatic nitrogens is 3. The Hall–Kier alpha value is -3.20. The number of carbonyl (C=O) groups is 2. The van der Waals surface area contributed by atoms with E-state index >= 15 is 0 Å². The van der Waals surface area contributed by atoms with Crippen LogP contribution in [0.1, 0.15) is 44.0 Å². The maximum atomic E-state index is 13.8. The molecular formula is C23H24FN5O2S. The van der Waals surface area contributed by atoms with Crippen molar-refractivity contribution in [3.05, 3.63) is 59.7 Å². The second kappa shape index (κ2) is 9.12. The zero-order chi connectivity index (χ0) is 22.8. The van der Waals surface area contributed by atoms with Crippen LogP contribution in [-0.2, 0) is 9.59 Å². The number of aryl methyl sites for hydroxylation is 1. The molecule has 7 nitrogen and oxygen atoms in total. The normalized spacial score (nSPS) is 14.1. The van der Waals surface area contributed by atoms with Gasteiger partial charge in [0.25, 0.3) is 0 Å². The zero-order valence-corrected chi connectivity index (χ0v) is 18.9. The molecule has 32 heavy (non-hydrogen) atoms. The predicted molar refractivity (Wildman–Crippen MR) is 123 cm³/mol. The van der Waals surface area contributed by atoms with Crippen molar-refractivity contribution in [1.29, 1.82) is 0 Å². The van der Waals surface area contributed by atoms with Crippen LogP contribution >= 0.6 is 11.8 Å². The van der Waals surface area contributed by atoms with E-state index in [0.717, 1.165) is 24.4 Å². The molecule has 0 spiro atoms. The van der Waals surface area contributed by atoms with Gasteiger partial charge in [0.15, 0.2) is 5.16 Å². The van der Waals surface area contributed by atoms with Gasteiger partial charge in [-0.2, -0.15) is 0 Å². The summed E-state index contributed by atoms with van der Waals surface area (Å²) in [7, 11) is 0. The number of hydrogen-bond acceptors (Lipinski definition) is 5. The van der Waals surface area contributed by atoms with E-state index in [2.05, 4.69) is 20.8 Å². The highest BCUT2D eigenvalue weighted by Crippen LogP contribution is 2.41. The molecule has 2 N–H and O–H groups in total. The fraction of sp³-hybridized carbons (Fsp3) is 0.304. The first-order valence-corrected chi connectivity index (χ1v) is 11.3. The maximum absolute atomic E-state index is 13.8. The van der Waals surface area contributed by atoms with Crippen LogP contribution in [-0.4, -0.2) is 31.8 Å². The van der Waals surface area contributed by atoms with Crippen molar-refractivity contribution in [2.75, 3.05) is 10.6 Å². The van der Waals surface area contributed by atoms with Crippen molar-refractivity contribution in [3.8, 4) is 5.69 Å². The topological polar surface area (TPSA) is 88.9 Å². The molecule has 3 aromatic rings. The number of nitrogens with one attached hydrogen (secondary N) is 2. The van der Waals surface area contributed by atoms with Gasteiger partial charge in [-0.15, -0.1) is 10.2 Å². The van der Waals surface area contributed by atoms with Gasteiger partial charge in [0, 0.05) is 24.2 Å². The molecule has 0 radical (unpaired) electrons. The molecule has 1 atom stereocenters. The van der Waals surface area contributed by atoms with E-state index in [0.29, 0.717) is 28.0 Å². The number of benzene rings is 2. The third-order valence-corrected chi connectivity index (χ3v) is 6.16. The van der Waals surface area contributed by atoms with Gasteiger partial charge < -0.3 is 10.6 Å². The van der Waals surface area contributed by atoms with Crippen LogP contribution in [0.2, 0.25) is 0 Å². The summed E-state index contributed by atoms with van der Waals surface area (Å²) < 4.78 is 15.8. The average molecular weight is 454 g/mol. The Labute approximate surface area is 189 Å². The van der Waals surface area contributed by atoms with E-state index < -0.39 is 5.25 Å². The Balaban J connectivity index is 1.57. The largest absolute Gasteiger partial charge is 0.326 e. The summed E-state index contributed by atoms with van der Waals surface area (Å²) in [6.07, 6.45) is 2.09. The monoisotopic (exact) mass is 453 g/mol. The standard InChI is InChI=1S/C23H24FN5O2S/c1-13-7-10-18(12-20(13)24)26-22(31)14(2)32-23-28-27-21(16-8-9-16)29(23)19-6-4-5-17(11-19)25-15(3)30/h4-7,10-12,14,16H,8-9H2,1-3H3,(H,25,30)(H,26,31). The van der Waals surface area contributed by atoms with Crippen LogP contribution in [0.25, 0.3) is 5.69 Å². The first kappa shape index (κ1) is 22.0. The highest BCUT2D eigenvalue weighted by Gasteiger charge is 2.32. The first-order valence-electron chi connectivity index (χ1n) is 10.4. The van der Waals surface area contributed by atoms with Crippen LogP contribution in [0.3, 0.4) is 0 Å². The number of amides is 2. The van der Waals surface area contributed by atoms with Gasteiger partial charge in [0.05, 0.1) is 10.9 Å². The minimum atomic E-state index is -0.493. The highest BCUT2D eigenvalue weighted by molar-refractivity contribution is 8.00. The van der Waals surface area contributed by atoms with Crippen LogP contribution in [0.5, 0.6) is 0 Å². The lowest BCUT2D eigenvalue weighted by Crippen LogP contribution is -2.23. The van der Waals surface area contributed by atoms with Gasteiger partial charge in [0.1, 0.15) is 11.6 Å². The maximum Gasteiger partial charge on any atom is 0.237 e. The molecule has 2 amide bonds. The molecule has 1 fully saturated rings. The Morgan fingerprint density at radius 2 is 1.88 bits per heavy atom. The lowest BCUT2D eigenvalue weighted by Gasteiger charge is -2.15. The SMILES string of the molecule is CC(=O)Nc1cccc(-n2c(SC(C)C(=O)Nc3ccc(C)c(F)c3)nnc2C2CC2)c1. The molecule has 1 heterocycles. The second-order valence-corrected chi connectivity index (χ2v) is 9.20. The fourth-order valence-electron chi connectivity index (χ4n) is 3.26. The molecule has 0 saturated heterocycles. The summed E-state index contributed by atoms with van der Waals surface area (Å²) in [5.74, 6) is 0.408. The predicted octanol–water partition coefficient (Wildman–Crippen LogP) is 4.67. The first-order chi connectivity index (χ1) is 15.3. The number of hydrogen-bond donors (Lipinski definition) is 2. The third kappa shape index (κ3) is 4.99. The van der Waals surface area contributed by atoms with Gasteiger partial charge in [-0.25, -0.2) is 4.39 Å². The number of rotatable bonds is 7. The fourth-order valence-corrected chi connectivity index (χ4v) is 4.13. The Bertz CT molecular complexity index is 1170. The smallest absolute Gasteiger partial charge is 0.237 e. The Morgan fingerprint density at radius 3 is 2.56 bits per heavy atom. The Morgan fingerprint density at radius 1 is 1.12 bits per heavy atom. The average Bonchev–Trinajstić information content (AvgIpc) is 3.50. The molecule has 9 heteroatoms. The highest BCUT2D eigenvalue weighted by atomic mass is 32.2. The summed E-state index contributed by atoms with van der Waals surface area (Å²) in [5, 5.41) is 14.4. The Kier molecular flexibility index (Phi) is 6.27. The summed E-state index contributed by atoms with van der Waals surface area (Å²) in [4.78, 5) is 24.2. The number of thioether (sulfide) groups is 1. The van der Waals surface area contributed by atoms with Crippen molar-refractivity contribution < 1.29 is 14.0 Å². The van der Waals surface area contributed by atoms with Crippen molar-refractivity contribution >= 4 is 35.0 Å². The summed E-state index contributed by atoms with van der Waals surface area (Å²) in [6, 6.07) is 12.1. The van der Waals surface area contributed by atoms with Gasteiger partial charge in [-0.3, -0.25) is 14.2 Å². The lowest BCUT2D eigenvalue weighted by molar-refractivity contribution is -0.115. The molecule has 1 saturated carbocycles. The number of halogens is 1. The van der Waals surface area contributed by atoms with E-state index in [1.54, 1.807) is 26.0 Å². The molecule has 1 unspecified atom stereocenters. The number of anilines is 2. The third-order valence-electron chi connectivity index (χ3n) is 5.12. The molecule has 1 aliphatic carbocycles. The van der Waals surface area contributed by atoms with Gasteiger partial charge in [0.2, 0.25) is 11.8 Å². The molecule has 0 aliphatic heterocycles. The van der Waals surface area contributed by atoms with E-state index in [1.165, 1.54) is 24.8 Å². The molecule has 4 rings (SSSR count). The van der Waals surface area contributed by atoms with Crippen LogP contribution in [0.4, 0.5) is 15.8 Å². The van der Waals surface area contributed by atoms with Gasteiger partial charge >= 0.3 is 0 Å². The molecule has 1 aliphatic rings. The molecular weight excluding hydrogens is 429 g/mol. The summed E-state index contributed by atoms with van der Waals surface area (Å²) >= 11 is 1.28. The van der Waals surface area contributed by atoms with Crippen LogP contribution in [0, 0.1) is 12.7 Å². The summed E-state index contributed by atoms with van der Waals surface area (Å²) in [6.45, 7) is 4.90. The van der Waals surface area contributed by atoms with Crippen molar-refractivity contribution in [1.82, 2.24) is 14.8 Å². The van der Waals surface area contributed by atoms with E-state index in [-0.39, 0.29) is 17.6 Å². The zero-order valence-electron chi connectivity index (χ0n) is 18.1. The van der Waals surface area contributed by atoms with Crippen LogP contribution in [0.15, 0.2) is 47.6 Å². The number of carbonyl (C=O) groups excluding carboxylic acids is 2. The minimum absolute atomic E-state index is 0.152. The van der Waals surface area contributed by atoms with Crippen molar-refractivity contribution in [3.63, 3.8) is 0 Å². The molecule has 1 aromatic heterocycles. The molecule has 2 aromatic carbocycles. The number of nitrogens with zero attached hydrogens (tertiary/aromatic N) is 3. The van der Waals surface area contributed by atoms with Crippen molar-refractivity contribution in [2.45, 2.75) is 49.9 Å². The van der Waals surface area contributed by atoms with E-state index in [4.69, 9.17) is 0 Å². The molecule has 166 valence electrons. The van der Waals surface area contributed by atoms with Crippen LogP contribution < -0.4 is 10.6 Å². The minimum Gasteiger partial charge on any atom is -0.326 e. The van der Waals surface area contributed by atoms with Gasteiger partial charge in [-0.1, -0.05) is 23.9 Å². The molecule has 0 bridgehead atoms. The lowest BCUT2D eigenvalue weighted by atomic mass is 10.2. The van der Waals surface area contributed by atoms with Crippen molar-refractivity contribution in [2.24, 2.45) is 0 Å². The second-order valence-electron chi connectivity index (χ2n) is 7.90. The van der Waals surface area contributed by atoms with E-state index in [1.807, 2.05) is 28.8 Å². The van der Waals surface area contributed by atoms with Gasteiger partial charge in [-0.05, 0) is 62.6 Å². The van der Waals surface area contributed by atoms with E-state index in [9.17, 15) is 14.0 Å².